The van der Waals surface area contributed by atoms with E-state index in [-0.39, 0.29) is 6.10 Å². The van der Waals surface area contributed by atoms with Gasteiger partial charge < -0.3 is 10.4 Å². The number of hydrogen-bond acceptors (Lipinski definition) is 2. The van der Waals surface area contributed by atoms with Crippen molar-refractivity contribution in [2.45, 2.75) is 50.7 Å². The van der Waals surface area contributed by atoms with Crippen molar-refractivity contribution >= 4 is 0 Å². The predicted octanol–water partition coefficient (Wildman–Crippen LogP) is 1.29. The molecule has 70 valence electrons. The fourth-order valence-electron chi connectivity index (χ4n) is 2.68. The number of nitrogens with one attached hydrogen (secondary N) is 1. The number of piperidine rings is 1. The summed E-state index contributed by atoms with van der Waals surface area (Å²) in [4.78, 5) is 0. The summed E-state index contributed by atoms with van der Waals surface area (Å²) in [6, 6.07) is 0.622. The Bertz CT molecular complexity index is 149. The van der Waals surface area contributed by atoms with E-state index in [1.165, 1.54) is 32.1 Å². The molecule has 1 heterocycles. The van der Waals surface area contributed by atoms with Gasteiger partial charge in [0, 0.05) is 12.0 Å². The molecule has 0 bridgehead atoms. The standard InChI is InChI=1S/C10H19NO/c12-10-6-7-11-9-5-3-1-2-4-8(9)10/h8-12H,1-7H2. The van der Waals surface area contributed by atoms with Crippen LogP contribution >= 0.6 is 0 Å². The first-order valence-corrected chi connectivity index (χ1v) is 5.29. The summed E-state index contributed by atoms with van der Waals surface area (Å²) in [6.07, 6.45) is 7.48. The Labute approximate surface area is 74.4 Å². The minimum atomic E-state index is -0.0191. The second kappa shape index (κ2) is 3.75. The van der Waals surface area contributed by atoms with Gasteiger partial charge in [-0.2, -0.15) is 0 Å². The van der Waals surface area contributed by atoms with Crippen LogP contribution in [-0.4, -0.2) is 23.8 Å². The van der Waals surface area contributed by atoms with Gasteiger partial charge in [-0.3, -0.25) is 0 Å². The fraction of sp³-hybridized carbons (Fsp3) is 1.00. The van der Waals surface area contributed by atoms with E-state index in [0.717, 1.165) is 13.0 Å². The molecule has 2 fully saturated rings. The smallest absolute Gasteiger partial charge is 0.0595 e. The van der Waals surface area contributed by atoms with Gasteiger partial charge in [0.15, 0.2) is 0 Å². The molecule has 1 aliphatic carbocycles. The molecule has 2 rings (SSSR count). The molecule has 2 N–H and O–H groups in total. The zero-order valence-corrected chi connectivity index (χ0v) is 7.63. The minimum Gasteiger partial charge on any atom is -0.393 e. The van der Waals surface area contributed by atoms with E-state index in [4.69, 9.17) is 0 Å². The molecule has 0 radical (unpaired) electrons. The van der Waals surface area contributed by atoms with E-state index >= 15 is 0 Å². The third-order valence-corrected chi connectivity index (χ3v) is 3.41. The number of aliphatic hydroxyl groups excluding tert-OH is 1. The van der Waals surface area contributed by atoms with Crippen LogP contribution in [0.2, 0.25) is 0 Å². The Morgan fingerprint density at radius 3 is 2.75 bits per heavy atom. The first kappa shape index (κ1) is 8.52. The molecule has 0 amide bonds. The van der Waals surface area contributed by atoms with Crippen LogP contribution in [0.1, 0.15) is 38.5 Å². The van der Waals surface area contributed by atoms with Gasteiger partial charge in [0.05, 0.1) is 6.10 Å². The summed E-state index contributed by atoms with van der Waals surface area (Å²) in [5.74, 6) is 0.557. The summed E-state index contributed by atoms with van der Waals surface area (Å²) in [7, 11) is 0. The molecule has 1 saturated carbocycles. The molecule has 2 heteroatoms. The Balaban J connectivity index is 2.00. The molecule has 0 aromatic carbocycles. The predicted molar refractivity (Wildman–Crippen MR) is 49.0 cm³/mol. The molecule has 3 unspecified atom stereocenters. The highest BCUT2D eigenvalue weighted by Gasteiger charge is 2.32. The topological polar surface area (TPSA) is 32.3 Å². The second-order valence-electron chi connectivity index (χ2n) is 4.22. The van der Waals surface area contributed by atoms with Crippen molar-refractivity contribution in [1.29, 1.82) is 0 Å². The average molecular weight is 169 g/mol. The summed E-state index contributed by atoms with van der Waals surface area (Å²) in [6.45, 7) is 1.02. The molecule has 1 aliphatic heterocycles. The summed E-state index contributed by atoms with van der Waals surface area (Å²) >= 11 is 0. The van der Waals surface area contributed by atoms with Crippen molar-refractivity contribution in [2.75, 3.05) is 6.54 Å². The van der Waals surface area contributed by atoms with Gasteiger partial charge in [-0.15, -0.1) is 0 Å². The van der Waals surface area contributed by atoms with E-state index in [9.17, 15) is 5.11 Å². The highest BCUT2D eigenvalue weighted by molar-refractivity contribution is 4.88. The van der Waals surface area contributed by atoms with E-state index in [0.29, 0.717) is 12.0 Å². The van der Waals surface area contributed by atoms with Crippen molar-refractivity contribution in [1.82, 2.24) is 5.32 Å². The van der Waals surface area contributed by atoms with Crippen LogP contribution < -0.4 is 5.32 Å². The molecular weight excluding hydrogens is 150 g/mol. The first-order chi connectivity index (χ1) is 5.88. The number of fused-ring (bicyclic) bond motifs is 1. The molecule has 0 aromatic heterocycles. The van der Waals surface area contributed by atoms with E-state index in [1.807, 2.05) is 0 Å². The zero-order valence-electron chi connectivity index (χ0n) is 7.63. The van der Waals surface area contributed by atoms with E-state index < -0.39 is 0 Å². The van der Waals surface area contributed by atoms with Gasteiger partial charge in [-0.1, -0.05) is 19.3 Å². The number of rotatable bonds is 0. The third kappa shape index (κ3) is 1.64. The summed E-state index contributed by atoms with van der Waals surface area (Å²) in [5.41, 5.74) is 0. The number of aliphatic hydroxyl groups is 1. The van der Waals surface area contributed by atoms with Crippen LogP contribution in [0.15, 0.2) is 0 Å². The monoisotopic (exact) mass is 169 g/mol. The first-order valence-electron chi connectivity index (χ1n) is 5.29. The highest BCUT2D eigenvalue weighted by Crippen LogP contribution is 2.29. The van der Waals surface area contributed by atoms with Gasteiger partial charge >= 0.3 is 0 Å². The van der Waals surface area contributed by atoms with Gasteiger partial charge in [0.2, 0.25) is 0 Å². The highest BCUT2D eigenvalue weighted by atomic mass is 16.3. The minimum absolute atomic E-state index is 0.0191. The molecular formula is C10H19NO. The second-order valence-corrected chi connectivity index (χ2v) is 4.22. The van der Waals surface area contributed by atoms with Crippen LogP contribution in [0, 0.1) is 5.92 Å². The SMILES string of the molecule is OC1CCNC2CCCCCC12. The van der Waals surface area contributed by atoms with Crippen LogP contribution in [0.5, 0.6) is 0 Å². The molecule has 0 aromatic rings. The van der Waals surface area contributed by atoms with Crippen molar-refractivity contribution in [2.24, 2.45) is 5.92 Å². The lowest BCUT2D eigenvalue weighted by Crippen LogP contribution is -2.47. The maximum atomic E-state index is 9.79. The normalized spacial score (nSPS) is 43.2. The summed E-state index contributed by atoms with van der Waals surface area (Å²) < 4.78 is 0. The van der Waals surface area contributed by atoms with Crippen molar-refractivity contribution < 1.29 is 5.11 Å². The fourth-order valence-corrected chi connectivity index (χ4v) is 2.68. The Hall–Kier alpha value is -0.0800. The van der Waals surface area contributed by atoms with E-state index in [2.05, 4.69) is 5.32 Å². The lowest BCUT2D eigenvalue weighted by Gasteiger charge is -2.35. The maximum Gasteiger partial charge on any atom is 0.0595 e. The van der Waals surface area contributed by atoms with Gasteiger partial charge in [0.1, 0.15) is 0 Å². The van der Waals surface area contributed by atoms with Crippen LogP contribution in [0.25, 0.3) is 0 Å². The van der Waals surface area contributed by atoms with Gasteiger partial charge in [-0.05, 0) is 25.8 Å². The maximum absolute atomic E-state index is 9.79. The van der Waals surface area contributed by atoms with Crippen LogP contribution in [0.4, 0.5) is 0 Å². The van der Waals surface area contributed by atoms with E-state index in [1.54, 1.807) is 0 Å². The Kier molecular flexibility index (Phi) is 2.66. The molecule has 1 saturated heterocycles. The summed E-state index contributed by atoms with van der Waals surface area (Å²) in [5, 5.41) is 13.3. The molecule has 2 aliphatic rings. The molecule has 0 spiro atoms. The lowest BCUT2D eigenvalue weighted by molar-refractivity contribution is 0.0482. The Morgan fingerprint density at radius 1 is 1.00 bits per heavy atom. The van der Waals surface area contributed by atoms with Crippen LogP contribution in [0.3, 0.4) is 0 Å². The quantitative estimate of drug-likeness (QED) is 0.572. The van der Waals surface area contributed by atoms with Crippen molar-refractivity contribution in [3.8, 4) is 0 Å². The average Bonchev–Trinajstić information content (AvgIpc) is 2.30. The number of hydrogen-bond donors (Lipinski definition) is 2. The van der Waals surface area contributed by atoms with Crippen LogP contribution in [-0.2, 0) is 0 Å². The van der Waals surface area contributed by atoms with Crippen molar-refractivity contribution in [3.05, 3.63) is 0 Å². The van der Waals surface area contributed by atoms with Crippen molar-refractivity contribution in [3.63, 3.8) is 0 Å². The Morgan fingerprint density at radius 2 is 1.83 bits per heavy atom. The molecule has 12 heavy (non-hydrogen) atoms. The largest absolute Gasteiger partial charge is 0.393 e. The lowest BCUT2D eigenvalue weighted by atomic mass is 9.85. The zero-order chi connectivity index (χ0) is 8.39. The third-order valence-electron chi connectivity index (χ3n) is 3.41. The molecule has 2 nitrogen and oxygen atoms in total. The van der Waals surface area contributed by atoms with Gasteiger partial charge in [-0.25, -0.2) is 0 Å². The molecule has 3 atom stereocenters. The van der Waals surface area contributed by atoms with Gasteiger partial charge in [0.25, 0.3) is 0 Å².